The average Bonchev–Trinajstić information content (AvgIpc) is 2.41. The SMILES string of the molecule is CC(C)(C)C1CCc2[nH+]c(N)sc2C1. The lowest BCUT2D eigenvalue weighted by Crippen LogP contribution is -2.28. The van der Waals surface area contributed by atoms with Crippen LogP contribution in [0.1, 0.15) is 37.8 Å². The van der Waals surface area contributed by atoms with Crippen molar-refractivity contribution < 1.29 is 4.98 Å². The summed E-state index contributed by atoms with van der Waals surface area (Å²) in [5.74, 6) is 0.807. The summed E-state index contributed by atoms with van der Waals surface area (Å²) in [6, 6.07) is 0. The number of aromatic nitrogens is 1. The largest absolute Gasteiger partial charge is 0.329 e. The van der Waals surface area contributed by atoms with Gasteiger partial charge in [-0.15, -0.1) is 0 Å². The Balaban J connectivity index is 2.21. The normalized spacial score (nSPS) is 22.1. The zero-order chi connectivity index (χ0) is 10.3. The number of anilines is 1. The molecule has 0 fully saturated rings. The summed E-state index contributed by atoms with van der Waals surface area (Å²) >= 11 is 1.73. The smallest absolute Gasteiger partial charge is 0.278 e. The molecule has 78 valence electrons. The van der Waals surface area contributed by atoms with E-state index < -0.39 is 0 Å². The zero-order valence-corrected chi connectivity index (χ0v) is 10.0. The Labute approximate surface area is 89.5 Å². The predicted octanol–water partition coefficient (Wildman–Crippen LogP) is 2.30. The second-order valence-corrected chi connectivity index (χ2v) is 6.44. The molecule has 0 bridgehead atoms. The maximum atomic E-state index is 5.78. The van der Waals surface area contributed by atoms with Crippen molar-refractivity contribution in [1.82, 2.24) is 0 Å². The Morgan fingerprint density at radius 1 is 1.43 bits per heavy atom. The minimum absolute atomic E-state index is 0.427. The third-order valence-electron chi connectivity index (χ3n) is 3.24. The molecule has 2 nitrogen and oxygen atoms in total. The van der Waals surface area contributed by atoms with Crippen molar-refractivity contribution in [2.24, 2.45) is 11.3 Å². The van der Waals surface area contributed by atoms with Gasteiger partial charge in [-0.3, -0.25) is 5.73 Å². The molecule has 1 unspecified atom stereocenters. The molecular formula is C11H19N2S+. The van der Waals surface area contributed by atoms with Crippen molar-refractivity contribution in [3.8, 4) is 0 Å². The summed E-state index contributed by atoms with van der Waals surface area (Å²) in [5.41, 5.74) is 7.59. The minimum atomic E-state index is 0.427. The monoisotopic (exact) mass is 211 g/mol. The highest BCUT2D eigenvalue weighted by molar-refractivity contribution is 7.15. The van der Waals surface area contributed by atoms with Crippen LogP contribution in [0.15, 0.2) is 0 Å². The first-order valence-electron chi connectivity index (χ1n) is 5.26. The zero-order valence-electron chi connectivity index (χ0n) is 9.18. The first kappa shape index (κ1) is 9.97. The lowest BCUT2D eigenvalue weighted by Gasteiger charge is -2.32. The van der Waals surface area contributed by atoms with Crippen LogP contribution < -0.4 is 10.7 Å². The molecule has 0 amide bonds. The Morgan fingerprint density at radius 2 is 2.14 bits per heavy atom. The number of rotatable bonds is 0. The maximum Gasteiger partial charge on any atom is 0.329 e. The van der Waals surface area contributed by atoms with E-state index in [1.165, 1.54) is 29.8 Å². The number of H-pyrrole nitrogens is 1. The highest BCUT2D eigenvalue weighted by Gasteiger charge is 2.31. The Morgan fingerprint density at radius 3 is 2.79 bits per heavy atom. The summed E-state index contributed by atoms with van der Waals surface area (Å²) in [4.78, 5) is 4.75. The van der Waals surface area contributed by atoms with Crippen molar-refractivity contribution >= 4 is 16.5 Å². The number of nitrogens with one attached hydrogen (secondary N) is 1. The molecule has 1 aliphatic carbocycles. The second-order valence-electron chi connectivity index (χ2n) is 5.30. The van der Waals surface area contributed by atoms with E-state index in [2.05, 4.69) is 25.8 Å². The van der Waals surface area contributed by atoms with Gasteiger partial charge in [0.1, 0.15) is 5.69 Å². The first-order chi connectivity index (χ1) is 6.47. The van der Waals surface area contributed by atoms with Crippen molar-refractivity contribution in [3.63, 3.8) is 0 Å². The number of fused-ring (bicyclic) bond motifs is 1. The number of aromatic amines is 1. The molecular weight excluding hydrogens is 192 g/mol. The van der Waals surface area contributed by atoms with E-state index in [9.17, 15) is 0 Å². The van der Waals surface area contributed by atoms with Crippen molar-refractivity contribution in [2.45, 2.75) is 40.0 Å². The number of aryl methyl sites for hydroxylation is 1. The molecule has 1 aromatic heterocycles. The fourth-order valence-electron chi connectivity index (χ4n) is 2.19. The van der Waals surface area contributed by atoms with Gasteiger partial charge in [0.05, 0.1) is 4.88 Å². The van der Waals surface area contributed by atoms with Crippen molar-refractivity contribution in [1.29, 1.82) is 0 Å². The van der Waals surface area contributed by atoms with Gasteiger partial charge in [0.2, 0.25) is 0 Å². The Kier molecular flexibility index (Phi) is 2.30. The fourth-order valence-corrected chi connectivity index (χ4v) is 3.19. The lowest BCUT2D eigenvalue weighted by molar-refractivity contribution is -0.368. The van der Waals surface area contributed by atoms with Gasteiger partial charge in [-0.1, -0.05) is 32.1 Å². The topological polar surface area (TPSA) is 40.2 Å². The third-order valence-corrected chi connectivity index (χ3v) is 4.22. The van der Waals surface area contributed by atoms with Gasteiger partial charge in [-0.05, 0) is 24.2 Å². The number of nitrogens with two attached hydrogens (primary N) is 1. The molecule has 3 heteroatoms. The molecule has 0 saturated heterocycles. The second kappa shape index (κ2) is 3.23. The number of nitrogen functional groups attached to an aromatic ring is 1. The average molecular weight is 211 g/mol. The van der Waals surface area contributed by atoms with Gasteiger partial charge in [-0.25, -0.2) is 4.98 Å². The van der Waals surface area contributed by atoms with Crippen LogP contribution in [0.2, 0.25) is 0 Å². The van der Waals surface area contributed by atoms with Crippen LogP contribution in [0.25, 0.3) is 0 Å². The molecule has 2 rings (SSSR count). The summed E-state index contributed by atoms with van der Waals surface area (Å²) in [7, 11) is 0. The summed E-state index contributed by atoms with van der Waals surface area (Å²) in [6.07, 6.45) is 3.67. The van der Waals surface area contributed by atoms with Crippen molar-refractivity contribution in [3.05, 3.63) is 10.6 Å². The van der Waals surface area contributed by atoms with Gasteiger partial charge in [0.15, 0.2) is 0 Å². The molecule has 0 aliphatic heterocycles. The standard InChI is InChI=1S/C11H18N2S/c1-11(2,3)7-4-5-8-9(6-7)14-10(12)13-8/h7H,4-6H2,1-3H3,(H2,12,13)/p+1. The van der Waals surface area contributed by atoms with Crippen LogP contribution in [0.5, 0.6) is 0 Å². The molecule has 0 radical (unpaired) electrons. The molecule has 1 heterocycles. The van der Waals surface area contributed by atoms with E-state index in [0.717, 1.165) is 11.0 Å². The van der Waals surface area contributed by atoms with E-state index in [1.54, 1.807) is 11.3 Å². The highest BCUT2D eigenvalue weighted by Crippen LogP contribution is 2.38. The van der Waals surface area contributed by atoms with Crippen LogP contribution in [0.4, 0.5) is 5.13 Å². The molecule has 0 spiro atoms. The summed E-state index contributed by atoms with van der Waals surface area (Å²) in [5, 5.41) is 0.865. The molecule has 1 atom stereocenters. The van der Waals surface area contributed by atoms with Crippen molar-refractivity contribution in [2.75, 3.05) is 5.73 Å². The fraction of sp³-hybridized carbons (Fsp3) is 0.727. The first-order valence-corrected chi connectivity index (χ1v) is 6.08. The van der Waals surface area contributed by atoms with E-state index in [0.29, 0.717) is 5.41 Å². The van der Waals surface area contributed by atoms with E-state index in [4.69, 9.17) is 5.73 Å². The third kappa shape index (κ3) is 1.78. The highest BCUT2D eigenvalue weighted by atomic mass is 32.1. The maximum absolute atomic E-state index is 5.78. The van der Waals surface area contributed by atoms with Gasteiger partial charge in [0, 0.05) is 6.42 Å². The number of thiazole rings is 1. The van der Waals surface area contributed by atoms with E-state index in [-0.39, 0.29) is 0 Å². The lowest BCUT2D eigenvalue weighted by atomic mass is 9.73. The number of hydrogen-bond donors (Lipinski definition) is 1. The van der Waals surface area contributed by atoms with Crippen LogP contribution >= 0.6 is 11.3 Å². The van der Waals surface area contributed by atoms with Crippen LogP contribution in [0, 0.1) is 11.3 Å². The Hall–Kier alpha value is -0.570. The molecule has 0 aromatic carbocycles. The molecule has 14 heavy (non-hydrogen) atoms. The van der Waals surface area contributed by atoms with Crippen LogP contribution in [-0.4, -0.2) is 0 Å². The molecule has 3 N–H and O–H groups in total. The van der Waals surface area contributed by atoms with Gasteiger partial charge in [-0.2, -0.15) is 0 Å². The van der Waals surface area contributed by atoms with Gasteiger partial charge in [0.25, 0.3) is 0 Å². The van der Waals surface area contributed by atoms with Gasteiger partial charge < -0.3 is 0 Å². The number of hydrogen-bond acceptors (Lipinski definition) is 2. The minimum Gasteiger partial charge on any atom is -0.278 e. The Bertz CT molecular complexity index is 336. The summed E-state index contributed by atoms with van der Waals surface area (Å²) in [6.45, 7) is 7.01. The van der Waals surface area contributed by atoms with Gasteiger partial charge >= 0.3 is 5.13 Å². The van der Waals surface area contributed by atoms with Crippen LogP contribution in [0.3, 0.4) is 0 Å². The molecule has 1 aromatic rings. The quantitative estimate of drug-likeness (QED) is 0.703. The predicted molar refractivity (Wildman–Crippen MR) is 60.3 cm³/mol. The summed E-state index contributed by atoms with van der Waals surface area (Å²) < 4.78 is 0. The molecule has 0 saturated carbocycles. The van der Waals surface area contributed by atoms with E-state index >= 15 is 0 Å². The van der Waals surface area contributed by atoms with Crippen LogP contribution in [-0.2, 0) is 12.8 Å². The molecule has 1 aliphatic rings. The van der Waals surface area contributed by atoms with E-state index in [1.807, 2.05) is 0 Å².